The highest BCUT2D eigenvalue weighted by Crippen LogP contribution is 2.31. The number of hydrogen-bond donors (Lipinski definition) is 1. The van der Waals surface area contributed by atoms with Crippen molar-refractivity contribution in [3.8, 4) is 0 Å². The van der Waals surface area contributed by atoms with Crippen LogP contribution in [0.4, 0.5) is 10.7 Å². The number of carboxylic acid groups (broad SMARTS) is 1. The third-order valence-corrected chi connectivity index (χ3v) is 3.76. The van der Waals surface area contributed by atoms with Crippen molar-refractivity contribution in [2.45, 2.75) is 19.9 Å². The van der Waals surface area contributed by atoms with Crippen LogP contribution in [-0.4, -0.2) is 57.7 Å². The molecule has 0 radical (unpaired) electrons. The lowest BCUT2D eigenvalue weighted by Crippen LogP contribution is -2.55. The SMILES string of the molecule is CC(C)C[N+]1(c2nccn2C)CC(C(=O)O)N(C)C1=O. The van der Waals surface area contributed by atoms with Crippen molar-refractivity contribution < 1.29 is 14.7 Å². The van der Waals surface area contributed by atoms with E-state index in [1.807, 2.05) is 20.9 Å². The molecular formula is C13H21N4O3+. The van der Waals surface area contributed by atoms with Gasteiger partial charge in [-0.05, 0) is 0 Å². The number of rotatable bonds is 4. The standard InChI is InChI=1S/C13H20N4O3/c1-9(2)7-17(12-14-5-6-15(12)3)8-10(11(18)19)16(4)13(17)20/h5-6,9-10H,7-8H2,1-4H3/p+1. The quantitative estimate of drug-likeness (QED) is 0.832. The van der Waals surface area contributed by atoms with Gasteiger partial charge in [-0.3, -0.25) is 9.47 Å². The van der Waals surface area contributed by atoms with E-state index in [4.69, 9.17) is 0 Å². The largest absolute Gasteiger partial charge is 0.480 e. The second-order valence-electron chi connectivity index (χ2n) is 5.81. The summed E-state index contributed by atoms with van der Waals surface area (Å²) < 4.78 is 1.76. The molecule has 20 heavy (non-hydrogen) atoms. The number of amides is 2. The summed E-state index contributed by atoms with van der Waals surface area (Å²) in [6.07, 6.45) is 3.41. The Morgan fingerprint density at radius 3 is 2.60 bits per heavy atom. The zero-order valence-corrected chi connectivity index (χ0v) is 12.3. The minimum absolute atomic E-state index is 0.0331. The number of quaternary nitrogens is 1. The molecule has 1 aliphatic rings. The van der Waals surface area contributed by atoms with Gasteiger partial charge in [-0.1, -0.05) is 13.8 Å². The first-order chi connectivity index (χ1) is 9.29. The number of imidazole rings is 1. The van der Waals surface area contributed by atoms with Gasteiger partial charge >= 0.3 is 17.9 Å². The molecule has 7 nitrogen and oxygen atoms in total. The lowest BCUT2D eigenvalue weighted by atomic mass is 10.1. The maximum absolute atomic E-state index is 12.7. The highest BCUT2D eigenvalue weighted by Gasteiger charge is 2.57. The zero-order valence-electron chi connectivity index (χ0n) is 12.3. The summed E-state index contributed by atoms with van der Waals surface area (Å²) in [5.74, 6) is -0.130. The molecule has 0 saturated carbocycles. The molecule has 1 aromatic rings. The molecule has 1 N–H and O–H groups in total. The topological polar surface area (TPSA) is 75.4 Å². The Morgan fingerprint density at radius 2 is 2.20 bits per heavy atom. The van der Waals surface area contributed by atoms with Gasteiger partial charge in [0.05, 0.1) is 12.7 Å². The lowest BCUT2D eigenvalue weighted by molar-refractivity contribution is -0.140. The van der Waals surface area contributed by atoms with E-state index in [0.29, 0.717) is 12.5 Å². The fourth-order valence-electron chi connectivity index (χ4n) is 2.97. The third-order valence-electron chi connectivity index (χ3n) is 3.76. The van der Waals surface area contributed by atoms with E-state index in [1.165, 1.54) is 4.90 Å². The summed E-state index contributed by atoms with van der Waals surface area (Å²) in [5, 5.41) is 9.30. The Morgan fingerprint density at radius 1 is 1.55 bits per heavy atom. The van der Waals surface area contributed by atoms with Crippen molar-refractivity contribution in [3.63, 3.8) is 0 Å². The van der Waals surface area contributed by atoms with Crippen molar-refractivity contribution in [2.24, 2.45) is 13.0 Å². The van der Waals surface area contributed by atoms with Crippen LogP contribution in [0.5, 0.6) is 0 Å². The van der Waals surface area contributed by atoms with Crippen LogP contribution in [0.3, 0.4) is 0 Å². The van der Waals surface area contributed by atoms with E-state index >= 15 is 0 Å². The van der Waals surface area contributed by atoms with Gasteiger partial charge in [-0.2, -0.15) is 9.47 Å². The molecule has 1 aliphatic heterocycles. The maximum Gasteiger partial charge on any atom is 0.427 e. The summed E-state index contributed by atoms with van der Waals surface area (Å²) in [7, 11) is 3.37. The van der Waals surface area contributed by atoms with Crippen LogP contribution >= 0.6 is 0 Å². The Kier molecular flexibility index (Phi) is 3.56. The highest BCUT2D eigenvalue weighted by atomic mass is 16.4. The van der Waals surface area contributed by atoms with Crippen LogP contribution in [0, 0.1) is 5.92 Å². The smallest absolute Gasteiger partial charge is 0.427 e. The van der Waals surface area contributed by atoms with Gasteiger partial charge in [0.25, 0.3) is 0 Å². The predicted molar refractivity (Wildman–Crippen MR) is 74.2 cm³/mol. The van der Waals surface area contributed by atoms with Crippen molar-refractivity contribution in [2.75, 3.05) is 20.1 Å². The molecule has 1 fully saturated rings. The molecular weight excluding hydrogens is 260 g/mol. The molecule has 0 aliphatic carbocycles. The van der Waals surface area contributed by atoms with Crippen molar-refractivity contribution in [1.29, 1.82) is 0 Å². The maximum atomic E-state index is 12.7. The molecule has 2 heterocycles. The van der Waals surface area contributed by atoms with Crippen LogP contribution in [0.1, 0.15) is 13.8 Å². The van der Waals surface area contributed by atoms with E-state index < -0.39 is 12.0 Å². The molecule has 1 aromatic heterocycles. The molecule has 110 valence electrons. The normalized spacial score (nSPS) is 26.6. The summed E-state index contributed by atoms with van der Waals surface area (Å²) in [6, 6.07) is -1.02. The van der Waals surface area contributed by atoms with Gasteiger partial charge < -0.3 is 5.11 Å². The average Bonchev–Trinajstić information content (AvgIpc) is 2.87. The number of carboxylic acids is 1. The summed E-state index contributed by atoms with van der Waals surface area (Å²) >= 11 is 0. The van der Waals surface area contributed by atoms with Crippen LogP contribution < -0.4 is 4.48 Å². The first kappa shape index (κ1) is 14.5. The number of hydrogen-bond acceptors (Lipinski definition) is 3. The van der Waals surface area contributed by atoms with Crippen LogP contribution in [0.2, 0.25) is 0 Å². The molecule has 7 heteroatoms. The predicted octanol–water partition coefficient (Wildman–Crippen LogP) is 0.902. The minimum atomic E-state index is -0.973. The third kappa shape index (κ3) is 2.07. The lowest BCUT2D eigenvalue weighted by Gasteiger charge is -2.29. The van der Waals surface area contributed by atoms with E-state index in [1.54, 1.807) is 24.0 Å². The molecule has 0 bridgehead atoms. The van der Waals surface area contributed by atoms with E-state index in [9.17, 15) is 14.7 Å². The second kappa shape index (κ2) is 4.90. The van der Waals surface area contributed by atoms with E-state index in [0.717, 1.165) is 0 Å². The monoisotopic (exact) mass is 281 g/mol. The Balaban J connectivity index is 2.52. The van der Waals surface area contributed by atoms with E-state index in [2.05, 4.69) is 4.98 Å². The zero-order chi connectivity index (χ0) is 15.1. The number of nitrogens with zero attached hydrogens (tertiary/aromatic N) is 4. The number of likely N-dealkylation sites (N-methyl/N-ethyl adjacent to an activating group) is 1. The highest BCUT2D eigenvalue weighted by molar-refractivity contribution is 5.93. The number of aryl methyl sites for hydroxylation is 1. The van der Waals surface area contributed by atoms with Crippen molar-refractivity contribution >= 4 is 17.9 Å². The van der Waals surface area contributed by atoms with Gasteiger partial charge in [-0.15, -0.1) is 0 Å². The number of aliphatic carboxylic acids is 1. The summed E-state index contributed by atoms with van der Waals surface area (Å²) in [4.78, 5) is 29.7. The van der Waals surface area contributed by atoms with Gasteiger partial charge in [-0.25, -0.2) is 9.59 Å². The number of aromatic nitrogens is 2. The van der Waals surface area contributed by atoms with Crippen molar-refractivity contribution in [1.82, 2.24) is 18.9 Å². The van der Waals surface area contributed by atoms with Crippen molar-refractivity contribution in [3.05, 3.63) is 12.4 Å². The molecule has 0 spiro atoms. The first-order valence-electron chi connectivity index (χ1n) is 6.64. The van der Waals surface area contributed by atoms with Gasteiger partial charge in [0.15, 0.2) is 6.04 Å². The van der Waals surface area contributed by atoms with Crippen LogP contribution in [0.15, 0.2) is 12.4 Å². The molecule has 2 unspecified atom stereocenters. The first-order valence-corrected chi connectivity index (χ1v) is 6.64. The summed E-state index contributed by atoms with van der Waals surface area (Å²) in [6.45, 7) is 4.79. The molecule has 2 atom stereocenters. The minimum Gasteiger partial charge on any atom is -0.480 e. The van der Waals surface area contributed by atoms with E-state index in [-0.39, 0.29) is 23.0 Å². The number of carbonyl (C=O) groups is 2. The van der Waals surface area contributed by atoms with Gasteiger partial charge in [0.1, 0.15) is 6.54 Å². The van der Waals surface area contributed by atoms with Crippen LogP contribution in [0.25, 0.3) is 0 Å². The molecule has 2 amide bonds. The molecule has 0 aromatic carbocycles. The van der Waals surface area contributed by atoms with Crippen LogP contribution in [-0.2, 0) is 11.8 Å². The summed E-state index contributed by atoms with van der Waals surface area (Å²) in [5.41, 5.74) is 0. The fourth-order valence-corrected chi connectivity index (χ4v) is 2.97. The Hall–Kier alpha value is -1.89. The number of carbonyl (C=O) groups excluding carboxylic acids is 1. The Labute approximate surface area is 118 Å². The Bertz CT molecular complexity index is 539. The molecule has 1 saturated heterocycles. The van der Waals surface area contributed by atoms with Gasteiger partial charge in [0, 0.05) is 26.2 Å². The number of urea groups is 1. The van der Waals surface area contributed by atoms with Gasteiger partial charge in [0.2, 0.25) is 0 Å². The fraction of sp³-hybridized carbons (Fsp3) is 0.615. The average molecular weight is 281 g/mol. The molecule has 2 rings (SSSR count). The second-order valence-corrected chi connectivity index (χ2v) is 5.81.